The van der Waals surface area contributed by atoms with Gasteiger partial charge in [-0.15, -0.1) is 0 Å². The Balaban J connectivity index is 1.71. The van der Waals surface area contributed by atoms with Gasteiger partial charge >= 0.3 is 0 Å². The summed E-state index contributed by atoms with van der Waals surface area (Å²) < 4.78 is 1.99. The van der Waals surface area contributed by atoms with Crippen molar-refractivity contribution >= 4 is 17.3 Å². The van der Waals surface area contributed by atoms with Crippen LogP contribution in [0.4, 0.5) is 11.4 Å². The van der Waals surface area contributed by atoms with E-state index in [0.29, 0.717) is 18.8 Å². The van der Waals surface area contributed by atoms with Crippen LogP contribution < -0.4 is 10.2 Å². The van der Waals surface area contributed by atoms with Crippen molar-refractivity contribution < 1.29 is 9.72 Å². The van der Waals surface area contributed by atoms with E-state index >= 15 is 0 Å². The van der Waals surface area contributed by atoms with Crippen LogP contribution in [0, 0.1) is 10.1 Å². The molecule has 1 aliphatic rings. The van der Waals surface area contributed by atoms with Gasteiger partial charge in [-0.05, 0) is 12.1 Å². The highest BCUT2D eigenvalue weighted by molar-refractivity contribution is 5.95. The van der Waals surface area contributed by atoms with Crippen molar-refractivity contribution in [2.75, 3.05) is 38.1 Å². The van der Waals surface area contributed by atoms with Crippen molar-refractivity contribution in [3.8, 4) is 0 Å². The van der Waals surface area contributed by atoms with Gasteiger partial charge < -0.3 is 14.8 Å². The number of nitrogens with zero attached hydrogens (tertiary/aromatic N) is 5. The minimum absolute atomic E-state index is 0.0383. The Morgan fingerprint density at radius 3 is 2.62 bits per heavy atom. The first-order chi connectivity index (χ1) is 12.5. The highest BCUT2D eigenvalue weighted by Gasteiger charge is 2.25. The number of carbonyl (C=O) groups excluding carboxylic acids is 1. The Morgan fingerprint density at radius 2 is 2.04 bits per heavy atom. The smallest absolute Gasteiger partial charge is 0.293 e. The van der Waals surface area contributed by atoms with Gasteiger partial charge in [0.2, 0.25) is 0 Å². The molecule has 1 N–H and O–H groups in total. The number of hydrogen-bond donors (Lipinski definition) is 1. The molecule has 9 nitrogen and oxygen atoms in total. The summed E-state index contributed by atoms with van der Waals surface area (Å²) in [6, 6.07) is 4.63. The number of piperazine rings is 1. The number of nitro groups is 1. The minimum Gasteiger partial charge on any atom is -0.363 e. The summed E-state index contributed by atoms with van der Waals surface area (Å²) in [6.07, 6.45) is 3.70. The molecule has 1 aromatic carbocycles. The van der Waals surface area contributed by atoms with Crippen molar-refractivity contribution in [3.63, 3.8) is 0 Å². The van der Waals surface area contributed by atoms with Gasteiger partial charge in [-0.25, -0.2) is 4.98 Å². The lowest BCUT2D eigenvalue weighted by atomic mass is 10.1. The Hall–Kier alpha value is -2.94. The van der Waals surface area contributed by atoms with Crippen molar-refractivity contribution in [3.05, 3.63) is 52.1 Å². The van der Waals surface area contributed by atoms with Crippen LogP contribution in [0.15, 0.2) is 30.6 Å². The number of aryl methyl sites for hydroxylation is 1. The molecular formula is C17H22N6O3. The molecule has 1 aromatic heterocycles. The third-order valence-electron chi connectivity index (χ3n) is 4.66. The molecule has 26 heavy (non-hydrogen) atoms. The van der Waals surface area contributed by atoms with Crippen LogP contribution in [0.5, 0.6) is 0 Å². The molecule has 0 aliphatic carbocycles. The molecule has 0 bridgehead atoms. The molecule has 1 amide bonds. The number of rotatable bonds is 5. The van der Waals surface area contributed by atoms with Crippen LogP contribution in [-0.4, -0.2) is 58.5 Å². The fourth-order valence-corrected chi connectivity index (χ4v) is 3.12. The van der Waals surface area contributed by atoms with E-state index in [1.165, 1.54) is 13.1 Å². The van der Waals surface area contributed by atoms with E-state index < -0.39 is 4.92 Å². The summed E-state index contributed by atoms with van der Waals surface area (Å²) in [7, 11) is 3.47. The van der Waals surface area contributed by atoms with Crippen molar-refractivity contribution in [1.82, 2.24) is 19.8 Å². The summed E-state index contributed by atoms with van der Waals surface area (Å²) in [4.78, 5) is 31.4. The lowest BCUT2D eigenvalue weighted by molar-refractivity contribution is -0.384. The minimum atomic E-state index is -0.429. The van der Waals surface area contributed by atoms with Crippen molar-refractivity contribution in [2.24, 2.45) is 7.05 Å². The lowest BCUT2D eigenvalue weighted by Crippen LogP contribution is -2.46. The van der Waals surface area contributed by atoms with Gasteiger partial charge in [-0.3, -0.25) is 19.8 Å². The number of hydrogen-bond acceptors (Lipinski definition) is 6. The molecular weight excluding hydrogens is 336 g/mol. The van der Waals surface area contributed by atoms with E-state index in [-0.39, 0.29) is 17.2 Å². The normalized spacial score (nSPS) is 15.1. The van der Waals surface area contributed by atoms with Gasteiger partial charge in [0.15, 0.2) is 0 Å². The number of nitro benzene ring substituents is 1. The number of anilines is 1. The van der Waals surface area contributed by atoms with Gasteiger partial charge in [0, 0.05) is 64.3 Å². The van der Waals surface area contributed by atoms with Gasteiger partial charge in [0.05, 0.1) is 11.5 Å². The number of aromatic nitrogens is 2. The van der Waals surface area contributed by atoms with E-state index in [1.54, 1.807) is 18.3 Å². The average molecular weight is 358 g/mol. The van der Waals surface area contributed by atoms with E-state index in [4.69, 9.17) is 0 Å². The fourth-order valence-electron chi connectivity index (χ4n) is 3.12. The van der Waals surface area contributed by atoms with Crippen molar-refractivity contribution in [2.45, 2.75) is 6.54 Å². The molecule has 1 saturated heterocycles. The van der Waals surface area contributed by atoms with Gasteiger partial charge in [-0.2, -0.15) is 0 Å². The molecule has 3 rings (SSSR count). The predicted molar refractivity (Wildman–Crippen MR) is 97.2 cm³/mol. The zero-order valence-electron chi connectivity index (χ0n) is 14.9. The summed E-state index contributed by atoms with van der Waals surface area (Å²) in [5.41, 5.74) is 0.805. The van der Waals surface area contributed by atoms with Crippen LogP contribution in [0.25, 0.3) is 0 Å². The molecule has 138 valence electrons. The number of nitrogens with one attached hydrogen (secondary N) is 1. The molecule has 2 aromatic rings. The average Bonchev–Trinajstić information content (AvgIpc) is 3.06. The first kappa shape index (κ1) is 17.9. The Labute approximate surface area is 151 Å². The highest BCUT2D eigenvalue weighted by Crippen LogP contribution is 2.30. The maximum absolute atomic E-state index is 11.7. The molecule has 1 aliphatic heterocycles. The van der Waals surface area contributed by atoms with E-state index in [2.05, 4.69) is 15.2 Å². The fraction of sp³-hybridized carbons (Fsp3) is 0.412. The van der Waals surface area contributed by atoms with Crippen LogP contribution in [0.2, 0.25) is 0 Å². The molecule has 2 heterocycles. The predicted octanol–water partition coefficient (Wildman–Crippen LogP) is 1.01. The third kappa shape index (κ3) is 3.67. The summed E-state index contributed by atoms with van der Waals surface area (Å²) in [6.45, 7) is 3.71. The van der Waals surface area contributed by atoms with Crippen LogP contribution in [0.3, 0.4) is 0 Å². The van der Waals surface area contributed by atoms with E-state index in [1.807, 2.05) is 22.7 Å². The Morgan fingerprint density at radius 1 is 1.31 bits per heavy atom. The molecule has 1 fully saturated rings. The van der Waals surface area contributed by atoms with Gasteiger partial charge in [0.1, 0.15) is 11.5 Å². The zero-order valence-corrected chi connectivity index (χ0v) is 14.9. The second-order valence-corrected chi connectivity index (χ2v) is 6.26. The first-order valence-electron chi connectivity index (χ1n) is 8.43. The SMILES string of the molecule is CNC(=O)c1ccc(N2CCN(Cc3nccn3C)CC2)c([N+](=O)[O-])c1. The quantitative estimate of drug-likeness (QED) is 0.633. The molecule has 9 heteroatoms. The van der Waals surface area contributed by atoms with Crippen LogP contribution in [0.1, 0.15) is 16.2 Å². The van der Waals surface area contributed by atoms with E-state index in [9.17, 15) is 14.9 Å². The third-order valence-corrected chi connectivity index (χ3v) is 4.66. The second kappa shape index (κ2) is 7.52. The largest absolute Gasteiger partial charge is 0.363 e. The monoisotopic (exact) mass is 358 g/mol. The molecule has 0 unspecified atom stereocenters. The topological polar surface area (TPSA) is 96.5 Å². The van der Waals surface area contributed by atoms with Crippen LogP contribution >= 0.6 is 0 Å². The second-order valence-electron chi connectivity index (χ2n) is 6.26. The molecule has 0 saturated carbocycles. The summed E-state index contributed by atoms with van der Waals surface area (Å²) >= 11 is 0. The Kier molecular flexibility index (Phi) is 5.17. The molecule has 0 atom stereocenters. The van der Waals surface area contributed by atoms with Gasteiger partial charge in [0.25, 0.3) is 11.6 Å². The zero-order chi connectivity index (χ0) is 18.7. The lowest BCUT2D eigenvalue weighted by Gasteiger charge is -2.35. The number of carbonyl (C=O) groups is 1. The van der Waals surface area contributed by atoms with Crippen molar-refractivity contribution in [1.29, 1.82) is 0 Å². The number of amides is 1. The molecule has 0 radical (unpaired) electrons. The van der Waals surface area contributed by atoms with Crippen LogP contribution in [-0.2, 0) is 13.6 Å². The van der Waals surface area contributed by atoms with Gasteiger partial charge in [-0.1, -0.05) is 0 Å². The summed E-state index contributed by atoms with van der Waals surface area (Å²) in [5, 5.41) is 14.0. The maximum Gasteiger partial charge on any atom is 0.293 e. The Bertz CT molecular complexity index is 811. The summed E-state index contributed by atoms with van der Waals surface area (Å²) in [5.74, 6) is 0.666. The van der Waals surface area contributed by atoms with E-state index in [0.717, 1.165) is 25.5 Å². The number of benzene rings is 1. The maximum atomic E-state index is 11.7. The molecule has 0 spiro atoms. The highest BCUT2D eigenvalue weighted by atomic mass is 16.6. The number of imidazole rings is 1. The standard InChI is InChI=1S/C17H22N6O3/c1-18-17(24)13-3-4-14(15(11-13)23(25)26)22-9-7-21(8-10-22)12-16-19-5-6-20(16)2/h3-6,11H,7-10,12H2,1-2H3,(H,18,24). The first-order valence-corrected chi connectivity index (χ1v) is 8.43.